The molecule has 27 heavy (non-hydrogen) atoms. The normalized spacial score (nSPS) is 17.9. The number of anilines is 1. The molecule has 0 saturated carbocycles. The van der Waals surface area contributed by atoms with Gasteiger partial charge in [0.2, 0.25) is 0 Å². The van der Waals surface area contributed by atoms with E-state index in [1.807, 2.05) is 25.1 Å². The van der Waals surface area contributed by atoms with Crippen LogP contribution in [-0.2, 0) is 0 Å². The third-order valence-corrected chi connectivity index (χ3v) is 5.68. The maximum atomic E-state index is 12.8. The first-order valence-electron chi connectivity index (χ1n) is 8.83. The number of fused-ring (bicyclic) bond motifs is 1. The van der Waals surface area contributed by atoms with Crippen LogP contribution >= 0.6 is 23.2 Å². The highest BCUT2D eigenvalue weighted by atomic mass is 35.5. The number of aryl methyl sites for hydroxylation is 1. The highest BCUT2D eigenvalue weighted by Crippen LogP contribution is 2.33. The van der Waals surface area contributed by atoms with Gasteiger partial charge >= 0.3 is 0 Å². The smallest absolute Gasteiger partial charge is 0.255 e. The fourth-order valence-corrected chi connectivity index (χ4v) is 4.37. The van der Waals surface area contributed by atoms with Gasteiger partial charge in [-0.05, 0) is 36.8 Å². The molecule has 2 heterocycles. The number of nitrogens with one attached hydrogen (secondary N) is 2. The molecule has 1 fully saturated rings. The second kappa shape index (κ2) is 6.73. The maximum absolute atomic E-state index is 12.8. The number of halogens is 2. The van der Waals surface area contributed by atoms with Gasteiger partial charge in [-0.15, -0.1) is 0 Å². The fourth-order valence-electron chi connectivity index (χ4n) is 3.84. The molecule has 0 radical (unpaired) electrons. The molecule has 2 aliphatic heterocycles. The molecule has 140 valence electrons. The Labute approximate surface area is 167 Å². The summed E-state index contributed by atoms with van der Waals surface area (Å²) in [6.07, 6.45) is 1.23. The molecule has 0 bridgehead atoms. The molecule has 0 unspecified atom stereocenters. The Kier molecular flexibility index (Phi) is 4.52. The first-order chi connectivity index (χ1) is 12.9. The van der Waals surface area contributed by atoms with E-state index in [4.69, 9.17) is 23.2 Å². The van der Waals surface area contributed by atoms with Gasteiger partial charge in [0.05, 0.1) is 5.56 Å². The van der Waals surface area contributed by atoms with E-state index in [0.29, 0.717) is 47.1 Å². The summed E-state index contributed by atoms with van der Waals surface area (Å²) in [6, 6.07) is 10.6. The van der Waals surface area contributed by atoms with E-state index >= 15 is 0 Å². The summed E-state index contributed by atoms with van der Waals surface area (Å²) < 4.78 is 0. The molecule has 2 amide bonds. The van der Waals surface area contributed by atoms with E-state index in [9.17, 15) is 9.59 Å². The van der Waals surface area contributed by atoms with Crippen LogP contribution in [0.3, 0.4) is 0 Å². The molecular weight excluding hydrogens is 385 g/mol. The van der Waals surface area contributed by atoms with Crippen LogP contribution in [0.5, 0.6) is 0 Å². The summed E-state index contributed by atoms with van der Waals surface area (Å²) in [7, 11) is 0. The van der Waals surface area contributed by atoms with Crippen LogP contribution in [0.25, 0.3) is 0 Å². The lowest BCUT2D eigenvalue weighted by Gasteiger charge is -2.46. The van der Waals surface area contributed by atoms with Crippen LogP contribution in [-0.4, -0.2) is 35.5 Å². The number of likely N-dealkylation sites (tertiary alicyclic amines) is 1. The number of hydrogen-bond donors (Lipinski definition) is 2. The highest BCUT2D eigenvalue weighted by Gasteiger charge is 2.41. The van der Waals surface area contributed by atoms with Gasteiger partial charge in [0.25, 0.3) is 11.8 Å². The predicted octanol–water partition coefficient (Wildman–Crippen LogP) is 4.09. The molecule has 0 atom stereocenters. The minimum atomic E-state index is -0.527. The van der Waals surface area contributed by atoms with Gasteiger partial charge in [0.1, 0.15) is 5.66 Å². The summed E-state index contributed by atoms with van der Waals surface area (Å²) in [5.74, 6) is -0.170. The van der Waals surface area contributed by atoms with Crippen molar-refractivity contribution in [3.8, 4) is 0 Å². The van der Waals surface area contributed by atoms with E-state index < -0.39 is 5.66 Å². The second-order valence-corrected chi connectivity index (χ2v) is 7.98. The molecule has 1 saturated heterocycles. The summed E-state index contributed by atoms with van der Waals surface area (Å²) >= 11 is 12.0. The Morgan fingerprint density at radius 3 is 2.41 bits per heavy atom. The fraction of sp³-hybridized carbons (Fsp3) is 0.300. The van der Waals surface area contributed by atoms with Gasteiger partial charge in [-0.2, -0.15) is 0 Å². The number of amides is 2. The molecule has 0 aromatic heterocycles. The molecule has 0 aliphatic carbocycles. The number of carbonyl (C=O) groups excluding carboxylic acids is 2. The van der Waals surface area contributed by atoms with Crippen LogP contribution < -0.4 is 10.6 Å². The van der Waals surface area contributed by atoms with Gasteiger partial charge in [-0.3, -0.25) is 9.59 Å². The summed E-state index contributed by atoms with van der Waals surface area (Å²) in [4.78, 5) is 27.2. The van der Waals surface area contributed by atoms with Crippen LogP contribution in [0.1, 0.15) is 39.1 Å². The van der Waals surface area contributed by atoms with Crippen LogP contribution in [0.2, 0.25) is 10.0 Å². The van der Waals surface area contributed by atoms with Crippen molar-refractivity contribution in [2.24, 2.45) is 0 Å². The number of piperidine rings is 1. The maximum Gasteiger partial charge on any atom is 0.255 e. The van der Waals surface area contributed by atoms with E-state index in [-0.39, 0.29) is 11.8 Å². The Morgan fingerprint density at radius 2 is 1.74 bits per heavy atom. The number of nitrogens with zero attached hydrogens (tertiary/aromatic N) is 1. The van der Waals surface area contributed by atoms with Crippen LogP contribution in [0.4, 0.5) is 5.69 Å². The van der Waals surface area contributed by atoms with Crippen molar-refractivity contribution in [3.05, 3.63) is 63.1 Å². The molecule has 7 heteroatoms. The van der Waals surface area contributed by atoms with Crippen molar-refractivity contribution < 1.29 is 9.59 Å². The zero-order valence-corrected chi connectivity index (χ0v) is 16.3. The summed E-state index contributed by atoms with van der Waals surface area (Å²) in [5.41, 5.74) is 2.43. The SMILES string of the molecule is Cc1cccc2c1C(=O)NC1(CCN(C(=O)c3cc(Cl)cc(Cl)c3)CC1)N2. The second-order valence-electron chi connectivity index (χ2n) is 7.11. The highest BCUT2D eigenvalue weighted by molar-refractivity contribution is 6.35. The van der Waals surface area contributed by atoms with Crippen molar-refractivity contribution in [2.45, 2.75) is 25.4 Å². The van der Waals surface area contributed by atoms with Crippen molar-refractivity contribution in [1.29, 1.82) is 0 Å². The molecule has 2 aromatic carbocycles. The number of hydrogen-bond acceptors (Lipinski definition) is 3. The van der Waals surface area contributed by atoms with Crippen molar-refractivity contribution in [1.82, 2.24) is 10.2 Å². The molecule has 2 aromatic rings. The quantitative estimate of drug-likeness (QED) is 0.753. The molecule has 2 N–H and O–H groups in total. The lowest BCUT2D eigenvalue weighted by atomic mass is 9.91. The number of carbonyl (C=O) groups is 2. The van der Waals surface area contributed by atoms with Crippen molar-refractivity contribution in [3.63, 3.8) is 0 Å². The Hall–Kier alpha value is -2.24. The summed E-state index contributed by atoms with van der Waals surface area (Å²) in [6.45, 7) is 2.98. The largest absolute Gasteiger partial charge is 0.362 e. The minimum absolute atomic E-state index is 0.0664. The monoisotopic (exact) mass is 403 g/mol. The van der Waals surface area contributed by atoms with Gasteiger partial charge in [-0.1, -0.05) is 35.3 Å². The first kappa shape index (κ1) is 18.1. The van der Waals surface area contributed by atoms with Gasteiger partial charge in [0, 0.05) is 47.2 Å². The Bertz CT molecular complexity index is 917. The van der Waals surface area contributed by atoms with Crippen molar-refractivity contribution >= 4 is 40.7 Å². The third kappa shape index (κ3) is 3.37. The third-order valence-electron chi connectivity index (χ3n) is 5.24. The predicted molar refractivity (Wildman–Crippen MR) is 107 cm³/mol. The summed E-state index contributed by atoms with van der Waals surface area (Å²) in [5, 5.41) is 7.48. The van der Waals surface area contributed by atoms with E-state index in [1.165, 1.54) is 0 Å². The zero-order valence-electron chi connectivity index (χ0n) is 14.8. The van der Waals surface area contributed by atoms with Crippen molar-refractivity contribution in [2.75, 3.05) is 18.4 Å². The van der Waals surface area contributed by atoms with Gasteiger partial charge in [-0.25, -0.2) is 0 Å². The average molecular weight is 404 g/mol. The van der Waals surface area contributed by atoms with E-state index in [1.54, 1.807) is 23.1 Å². The molecule has 4 rings (SSSR count). The van der Waals surface area contributed by atoms with E-state index in [2.05, 4.69) is 10.6 Å². The van der Waals surface area contributed by atoms with Crippen LogP contribution in [0, 0.1) is 6.92 Å². The number of benzene rings is 2. The molecule has 2 aliphatic rings. The molecule has 5 nitrogen and oxygen atoms in total. The van der Waals surface area contributed by atoms with E-state index in [0.717, 1.165) is 11.3 Å². The standard InChI is InChI=1S/C20H19Cl2N3O2/c1-12-3-2-4-16-17(12)18(26)24-20(23-16)5-7-25(8-6-20)19(27)13-9-14(21)11-15(22)10-13/h2-4,9-11,23H,5-8H2,1H3,(H,24,26). The average Bonchev–Trinajstić information content (AvgIpc) is 2.60. The van der Waals surface area contributed by atoms with Crippen LogP contribution in [0.15, 0.2) is 36.4 Å². The topological polar surface area (TPSA) is 61.4 Å². The lowest BCUT2D eigenvalue weighted by molar-refractivity contribution is 0.0639. The first-order valence-corrected chi connectivity index (χ1v) is 9.58. The number of rotatable bonds is 1. The van der Waals surface area contributed by atoms with Gasteiger partial charge < -0.3 is 15.5 Å². The zero-order chi connectivity index (χ0) is 19.2. The lowest BCUT2D eigenvalue weighted by Crippen LogP contribution is -2.62. The molecule has 1 spiro atoms. The molecular formula is C20H19Cl2N3O2. The minimum Gasteiger partial charge on any atom is -0.362 e. The Morgan fingerprint density at radius 1 is 1.07 bits per heavy atom. The van der Waals surface area contributed by atoms with Gasteiger partial charge in [0.15, 0.2) is 0 Å². The Balaban J connectivity index is 1.51.